The quantitative estimate of drug-likeness (QED) is 0.795. The van der Waals surface area contributed by atoms with Crippen molar-refractivity contribution in [2.24, 2.45) is 17.8 Å². The maximum Gasteiger partial charge on any atom is 0.217 e. The lowest BCUT2D eigenvalue weighted by Crippen LogP contribution is -2.48. The van der Waals surface area contributed by atoms with Crippen LogP contribution in [0.15, 0.2) is 30.3 Å². The largest absolute Gasteiger partial charge is 0.286 e. The van der Waals surface area contributed by atoms with E-state index < -0.39 is 0 Å². The summed E-state index contributed by atoms with van der Waals surface area (Å²) in [6.45, 7) is 0. The lowest BCUT2D eigenvalue weighted by atomic mass is 9.50. The second-order valence-electron chi connectivity index (χ2n) is 7.92. The van der Waals surface area contributed by atoms with Crippen LogP contribution in [0.1, 0.15) is 59.7 Å². The molecule has 23 heavy (non-hydrogen) atoms. The SMILES string of the molecule is O=C(c1ccccc1)c1nnc(C23CC4CC(CC(C4)C2)C3)[pH]1. The summed E-state index contributed by atoms with van der Waals surface area (Å²) in [5.74, 6) is 2.78. The van der Waals surface area contributed by atoms with Gasteiger partial charge in [0.05, 0.1) is 5.43 Å². The highest BCUT2D eigenvalue weighted by Crippen LogP contribution is 2.61. The Morgan fingerprint density at radius 1 is 0.957 bits per heavy atom. The van der Waals surface area contributed by atoms with Crippen molar-refractivity contribution < 1.29 is 4.79 Å². The van der Waals surface area contributed by atoms with Gasteiger partial charge in [-0.3, -0.25) is 4.79 Å². The Balaban J connectivity index is 1.47. The minimum atomic E-state index is 0.0624. The molecule has 4 saturated carbocycles. The molecule has 4 fully saturated rings. The van der Waals surface area contributed by atoms with Gasteiger partial charge in [0.15, 0.2) is 5.43 Å². The van der Waals surface area contributed by atoms with Gasteiger partial charge in [-0.1, -0.05) is 38.5 Å². The minimum absolute atomic E-state index is 0.0624. The average molecular weight is 324 g/mol. The van der Waals surface area contributed by atoms with E-state index in [1.54, 1.807) is 0 Å². The molecule has 0 saturated heterocycles. The Kier molecular flexibility index (Phi) is 3.03. The van der Waals surface area contributed by atoms with Crippen molar-refractivity contribution in [2.45, 2.75) is 43.9 Å². The van der Waals surface area contributed by atoms with E-state index in [0.29, 0.717) is 13.6 Å². The highest BCUT2D eigenvalue weighted by atomic mass is 31.0. The Morgan fingerprint density at radius 2 is 1.57 bits per heavy atom. The van der Waals surface area contributed by atoms with E-state index >= 15 is 0 Å². The summed E-state index contributed by atoms with van der Waals surface area (Å²) < 4.78 is 0. The van der Waals surface area contributed by atoms with Crippen molar-refractivity contribution in [3.05, 3.63) is 46.7 Å². The second-order valence-corrected chi connectivity index (χ2v) is 9.11. The molecule has 1 heterocycles. The second kappa shape index (κ2) is 5.01. The fourth-order valence-corrected chi connectivity index (χ4v) is 6.98. The van der Waals surface area contributed by atoms with Gasteiger partial charge in [0.1, 0.15) is 0 Å². The third-order valence-corrected chi connectivity index (χ3v) is 7.71. The van der Waals surface area contributed by atoms with Crippen molar-refractivity contribution in [3.8, 4) is 0 Å². The Labute approximate surface area is 138 Å². The molecule has 1 atom stereocenters. The third kappa shape index (κ3) is 2.21. The van der Waals surface area contributed by atoms with E-state index in [1.807, 2.05) is 30.3 Å². The highest BCUT2D eigenvalue weighted by Gasteiger charge is 2.52. The standard InChI is InChI=1S/C19H21N2OP/c22-16(15-4-2-1-3-5-15)17-20-21-18(23-17)19-9-12-6-13(10-19)8-14(7-12)11-19/h1-5,12-14,23H,6-11H2. The Morgan fingerprint density at radius 3 is 2.17 bits per heavy atom. The Bertz CT molecular complexity index is 716. The van der Waals surface area contributed by atoms with Crippen LogP contribution in [0.3, 0.4) is 0 Å². The van der Waals surface area contributed by atoms with Gasteiger partial charge < -0.3 is 0 Å². The number of hydrogen-bond donors (Lipinski definition) is 0. The molecule has 6 rings (SSSR count). The van der Waals surface area contributed by atoms with E-state index in [1.165, 1.54) is 44.0 Å². The number of benzene rings is 1. The molecule has 1 aromatic heterocycles. The van der Waals surface area contributed by atoms with Crippen molar-refractivity contribution in [1.82, 2.24) is 10.2 Å². The molecule has 0 spiro atoms. The van der Waals surface area contributed by atoms with Crippen molar-refractivity contribution >= 4 is 14.0 Å². The highest BCUT2D eigenvalue weighted by molar-refractivity contribution is 7.33. The minimum Gasteiger partial charge on any atom is -0.286 e. The van der Waals surface area contributed by atoms with E-state index in [9.17, 15) is 4.79 Å². The van der Waals surface area contributed by atoms with E-state index in [-0.39, 0.29) is 11.2 Å². The molecule has 118 valence electrons. The number of hydrogen-bond acceptors (Lipinski definition) is 3. The van der Waals surface area contributed by atoms with Crippen molar-refractivity contribution in [2.75, 3.05) is 0 Å². The molecule has 4 bridgehead atoms. The number of nitrogens with zero attached hydrogens (tertiary/aromatic N) is 2. The molecule has 0 radical (unpaired) electrons. The van der Waals surface area contributed by atoms with E-state index in [2.05, 4.69) is 10.2 Å². The lowest BCUT2D eigenvalue weighted by Gasteiger charge is -2.56. The van der Waals surface area contributed by atoms with Crippen LogP contribution in [0, 0.1) is 17.8 Å². The normalized spacial score (nSPS) is 35.0. The lowest BCUT2D eigenvalue weighted by molar-refractivity contribution is -0.00551. The predicted molar refractivity (Wildman–Crippen MR) is 91.3 cm³/mol. The number of carbonyl (C=O) groups is 1. The molecule has 3 nitrogen and oxygen atoms in total. The monoisotopic (exact) mass is 324 g/mol. The molecule has 0 aliphatic heterocycles. The molecule has 2 aromatic rings. The maximum atomic E-state index is 12.6. The third-order valence-electron chi connectivity index (χ3n) is 6.28. The summed E-state index contributed by atoms with van der Waals surface area (Å²) in [7, 11) is 0.390. The predicted octanol–water partition coefficient (Wildman–Crippen LogP) is 4.21. The van der Waals surface area contributed by atoms with Crippen LogP contribution in [-0.4, -0.2) is 16.0 Å². The molecule has 1 aromatic carbocycles. The van der Waals surface area contributed by atoms with Crippen LogP contribution in [0.25, 0.3) is 0 Å². The zero-order valence-corrected chi connectivity index (χ0v) is 14.2. The van der Waals surface area contributed by atoms with Gasteiger partial charge in [0.25, 0.3) is 0 Å². The van der Waals surface area contributed by atoms with Crippen LogP contribution in [0.2, 0.25) is 0 Å². The summed E-state index contributed by atoms with van der Waals surface area (Å²) >= 11 is 0. The first-order valence-electron chi connectivity index (χ1n) is 8.75. The summed E-state index contributed by atoms with van der Waals surface area (Å²) in [5, 5.41) is 8.87. The molecule has 4 aliphatic rings. The fourth-order valence-electron chi connectivity index (χ4n) is 5.73. The van der Waals surface area contributed by atoms with Crippen molar-refractivity contribution in [3.63, 3.8) is 0 Å². The van der Waals surface area contributed by atoms with Crippen LogP contribution in [0.5, 0.6) is 0 Å². The first-order chi connectivity index (χ1) is 11.2. The molecule has 4 heteroatoms. The first-order valence-corrected chi connectivity index (χ1v) is 9.75. The zero-order chi connectivity index (χ0) is 15.4. The molecule has 0 amide bonds. The van der Waals surface area contributed by atoms with E-state index in [0.717, 1.165) is 23.3 Å². The van der Waals surface area contributed by atoms with Crippen LogP contribution in [0.4, 0.5) is 0 Å². The molecular formula is C19H21N2OP. The van der Waals surface area contributed by atoms with Gasteiger partial charge in [-0.15, -0.1) is 10.2 Å². The van der Waals surface area contributed by atoms with Gasteiger partial charge in [0.2, 0.25) is 5.78 Å². The van der Waals surface area contributed by atoms with Crippen molar-refractivity contribution in [1.29, 1.82) is 0 Å². The molecule has 0 N–H and O–H groups in total. The molecular weight excluding hydrogens is 303 g/mol. The van der Waals surface area contributed by atoms with Gasteiger partial charge in [-0.2, -0.15) is 0 Å². The number of aromatic nitrogens is 2. The Hall–Kier alpha value is -1.47. The van der Waals surface area contributed by atoms with E-state index in [4.69, 9.17) is 0 Å². The summed E-state index contributed by atoms with van der Waals surface area (Å²) in [5.41, 5.74) is 2.94. The molecule has 4 aliphatic carbocycles. The average Bonchev–Trinajstić information content (AvgIpc) is 3.04. The number of ketones is 1. The van der Waals surface area contributed by atoms with Crippen LogP contribution >= 0.6 is 8.19 Å². The number of rotatable bonds is 3. The first kappa shape index (κ1) is 13.9. The van der Waals surface area contributed by atoms with Crippen LogP contribution in [-0.2, 0) is 5.41 Å². The van der Waals surface area contributed by atoms with Gasteiger partial charge >= 0.3 is 0 Å². The fraction of sp³-hybridized carbons (Fsp3) is 0.526. The van der Waals surface area contributed by atoms with Gasteiger partial charge in [-0.25, -0.2) is 0 Å². The van der Waals surface area contributed by atoms with Crippen LogP contribution < -0.4 is 0 Å². The summed E-state index contributed by atoms with van der Waals surface area (Å²) in [6.07, 6.45) is 8.21. The number of carbonyl (C=O) groups excluding carboxylic acids is 1. The summed E-state index contributed by atoms with van der Waals surface area (Å²) in [6, 6.07) is 9.50. The topological polar surface area (TPSA) is 42.9 Å². The van der Waals surface area contributed by atoms with Gasteiger partial charge in [-0.05, 0) is 56.3 Å². The summed E-state index contributed by atoms with van der Waals surface area (Å²) in [4.78, 5) is 12.6. The zero-order valence-electron chi connectivity index (χ0n) is 13.2. The van der Waals surface area contributed by atoms with Gasteiger partial charge in [0, 0.05) is 11.0 Å². The smallest absolute Gasteiger partial charge is 0.217 e. The molecule has 1 unspecified atom stereocenters. The maximum absolute atomic E-state index is 12.6.